The van der Waals surface area contributed by atoms with Crippen molar-refractivity contribution in [3.63, 3.8) is 0 Å². The van der Waals surface area contributed by atoms with Gasteiger partial charge in [-0.2, -0.15) is 0 Å². The minimum Gasteiger partial charge on any atom is -0.265 e. The van der Waals surface area contributed by atoms with Crippen molar-refractivity contribution in [2.45, 2.75) is 19.3 Å². The summed E-state index contributed by atoms with van der Waals surface area (Å²) in [5, 5.41) is 0. The highest BCUT2D eigenvalue weighted by Crippen LogP contribution is 2.00. The van der Waals surface area contributed by atoms with E-state index in [9.17, 15) is 8.42 Å². The molecule has 1 heterocycles. The van der Waals surface area contributed by atoms with E-state index in [-0.39, 0.29) is 5.75 Å². The smallest absolute Gasteiger partial charge is 0.211 e. The molecule has 0 spiro atoms. The summed E-state index contributed by atoms with van der Waals surface area (Å²) >= 11 is 0. The van der Waals surface area contributed by atoms with Crippen LogP contribution < -0.4 is 4.72 Å². The summed E-state index contributed by atoms with van der Waals surface area (Å²) in [5.41, 5.74) is 0.967. The second kappa shape index (κ2) is 7.05. The topological polar surface area (TPSA) is 59.1 Å². The molecule has 0 radical (unpaired) electrons. The summed E-state index contributed by atoms with van der Waals surface area (Å²) in [6.45, 7) is 0.406. The zero-order valence-corrected chi connectivity index (χ0v) is 10.4. The number of nitrogens with zero attached hydrogens (tertiary/aromatic N) is 1. The van der Waals surface area contributed by atoms with Crippen LogP contribution in [0.2, 0.25) is 0 Å². The van der Waals surface area contributed by atoms with Crippen LogP contribution in [-0.2, 0) is 16.4 Å². The van der Waals surface area contributed by atoms with Gasteiger partial charge in [0.25, 0.3) is 0 Å². The highest BCUT2D eigenvalue weighted by atomic mass is 32.2. The maximum Gasteiger partial charge on any atom is 0.211 e. The molecular formula is C12H16N2O2S. The minimum absolute atomic E-state index is 0.0903. The first-order valence-electron chi connectivity index (χ1n) is 5.44. The molecule has 0 amide bonds. The second-order valence-electron chi connectivity index (χ2n) is 3.63. The van der Waals surface area contributed by atoms with E-state index in [1.165, 1.54) is 0 Å². The van der Waals surface area contributed by atoms with E-state index in [0.29, 0.717) is 25.8 Å². The molecule has 0 saturated carbocycles. The molecular weight excluding hydrogens is 236 g/mol. The maximum atomic E-state index is 11.6. The van der Waals surface area contributed by atoms with Crippen LogP contribution in [0.1, 0.15) is 18.4 Å². The Morgan fingerprint density at radius 1 is 1.35 bits per heavy atom. The van der Waals surface area contributed by atoms with Gasteiger partial charge in [-0.3, -0.25) is 4.98 Å². The van der Waals surface area contributed by atoms with Crippen molar-refractivity contribution in [2.24, 2.45) is 0 Å². The van der Waals surface area contributed by atoms with Crippen LogP contribution >= 0.6 is 0 Å². The van der Waals surface area contributed by atoms with E-state index in [2.05, 4.69) is 15.6 Å². The number of unbranched alkanes of at least 4 members (excludes halogenated alkanes) is 1. The first-order valence-corrected chi connectivity index (χ1v) is 7.09. The van der Waals surface area contributed by atoms with Crippen LogP contribution in [0.5, 0.6) is 0 Å². The third-order valence-electron chi connectivity index (χ3n) is 2.23. The number of pyridine rings is 1. The Kier molecular flexibility index (Phi) is 5.67. The van der Waals surface area contributed by atoms with Crippen LogP contribution in [0.3, 0.4) is 0 Å². The first kappa shape index (κ1) is 13.7. The SMILES string of the molecule is C#CCCCNS(=O)(=O)CCc1ccncc1. The van der Waals surface area contributed by atoms with E-state index in [1.807, 2.05) is 12.1 Å². The lowest BCUT2D eigenvalue weighted by Crippen LogP contribution is -2.28. The fourth-order valence-corrected chi connectivity index (χ4v) is 2.40. The number of hydrogen-bond donors (Lipinski definition) is 1. The van der Waals surface area contributed by atoms with Crippen molar-refractivity contribution in [1.29, 1.82) is 0 Å². The van der Waals surface area contributed by atoms with Gasteiger partial charge in [0, 0.05) is 25.4 Å². The molecule has 1 aromatic heterocycles. The highest BCUT2D eigenvalue weighted by Gasteiger charge is 2.09. The molecule has 0 aliphatic rings. The van der Waals surface area contributed by atoms with Gasteiger partial charge in [0.2, 0.25) is 10.0 Å². The molecule has 17 heavy (non-hydrogen) atoms. The van der Waals surface area contributed by atoms with Gasteiger partial charge in [0.1, 0.15) is 0 Å². The predicted octanol–water partition coefficient (Wildman–Crippen LogP) is 0.957. The average molecular weight is 252 g/mol. The van der Waals surface area contributed by atoms with Crippen LogP contribution in [0.4, 0.5) is 0 Å². The standard InChI is InChI=1S/C12H16N2O2S/c1-2-3-4-8-14-17(15,16)11-7-12-5-9-13-10-6-12/h1,5-6,9-10,14H,3-4,7-8,11H2. The Morgan fingerprint density at radius 3 is 2.71 bits per heavy atom. The number of terminal acetylenes is 1. The molecule has 0 saturated heterocycles. The summed E-state index contributed by atoms with van der Waals surface area (Å²) in [6.07, 6.45) is 10.1. The van der Waals surface area contributed by atoms with E-state index in [4.69, 9.17) is 6.42 Å². The molecule has 5 heteroatoms. The molecule has 92 valence electrons. The van der Waals surface area contributed by atoms with Gasteiger partial charge in [0.05, 0.1) is 5.75 Å². The van der Waals surface area contributed by atoms with Gasteiger partial charge in [-0.1, -0.05) is 0 Å². The van der Waals surface area contributed by atoms with E-state index < -0.39 is 10.0 Å². The number of hydrogen-bond acceptors (Lipinski definition) is 3. The largest absolute Gasteiger partial charge is 0.265 e. The van der Waals surface area contributed by atoms with Crippen LogP contribution in [0.15, 0.2) is 24.5 Å². The highest BCUT2D eigenvalue weighted by molar-refractivity contribution is 7.89. The zero-order chi connectivity index (χ0) is 12.6. The Morgan fingerprint density at radius 2 is 2.06 bits per heavy atom. The second-order valence-corrected chi connectivity index (χ2v) is 5.55. The molecule has 4 nitrogen and oxygen atoms in total. The molecule has 0 aliphatic heterocycles. The van der Waals surface area contributed by atoms with Gasteiger partial charge in [-0.15, -0.1) is 12.3 Å². The first-order chi connectivity index (χ1) is 8.14. The quantitative estimate of drug-likeness (QED) is 0.581. The Labute approximate surface area is 103 Å². The van der Waals surface area contributed by atoms with Gasteiger partial charge in [-0.05, 0) is 30.5 Å². The maximum absolute atomic E-state index is 11.6. The van der Waals surface area contributed by atoms with Gasteiger partial charge < -0.3 is 0 Å². The number of aryl methyl sites for hydroxylation is 1. The average Bonchev–Trinajstić information content (AvgIpc) is 2.34. The lowest BCUT2D eigenvalue weighted by atomic mass is 10.2. The zero-order valence-electron chi connectivity index (χ0n) is 9.59. The van der Waals surface area contributed by atoms with E-state index >= 15 is 0 Å². The molecule has 0 unspecified atom stereocenters. The monoisotopic (exact) mass is 252 g/mol. The van der Waals surface area contributed by atoms with Crippen molar-refractivity contribution < 1.29 is 8.42 Å². The Bertz CT molecular complexity index is 463. The van der Waals surface area contributed by atoms with Crippen LogP contribution in [-0.4, -0.2) is 25.7 Å². The third-order valence-corrected chi connectivity index (χ3v) is 3.61. The minimum atomic E-state index is -3.20. The van der Waals surface area contributed by atoms with E-state index in [0.717, 1.165) is 5.56 Å². The molecule has 0 fully saturated rings. The molecule has 0 aromatic carbocycles. The molecule has 1 rings (SSSR count). The number of aromatic nitrogens is 1. The van der Waals surface area contributed by atoms with Crippen LogP contribution in [0, 0.1) is 12.3 Å². The summed E-state index contributed by atoms with van der Waals surface area (Å²) in [6, 6.07) is 3.63. The molecule has 0 bridgehead atoms. The number of nitrogens with one attached hydrogen (secondary N) is 1. The number of sulfonamides is 1. The third kappa shape index (κ3) is 6.05. The Balaban J connectivity index is 2.33. The van der Waals surface area contributed by atoms with Crippen molar-refractivity contribution in [3.05, 3.63) is 30.1 Å². The predicted molar refractivity (Wildman–Crippen MR) is 67.8 cm³/mol. The van der Waals surface area contributed by atoms with Crippen molar-refractivity contribution in [2.75, 3.05) is 12.3 Å². The molecule has 1 aromatic rings. The van der Waals surface area contributed by atoms with Gasteiger partial charge in [-0.25, -0.2) is 13.1 Å². The summed E-state index contributed by atoms with van der Waals surface area (Å²) in [7, 11) is -3.20. The summed E-state index contributed by atoms with van der Waals surface area (Å²) in [5.74, 6) is 2.56. The summed E-state index contributed by atoms with van der Waals surface area (Å²) in [4.78, 5) is 3.88. The lowest BCUT2D eigenvalue weighted by Gasteiger charge is -2.05. The Hall–Kier alpha value is -1.38. The lowest BCUT2D eigenvalue weighted by molar-refractivity contribution is 0.579. The summed E-state index contributed by atoms with van der Waals surface area (Å²) < 4.78 is 25.7. The van der Waals surface area contributed by atoms with Gasteiger partial charge in [0.15, 0.2) is 0 Å². The fourth-order valence-electron chi connectivity index (χ4n) is 1.29. The molecule has 0 aliphatic carbocycles. The van der Waals surface area contributed by atoms with Gasteiger partial charge >= 0.3 is 0 Å². The fraction of sp³-hybridized carbons (Fsp3) is 0.417. The number of rotatable bonds is 7. The van der Waals surface area contributed by atoms with Crippen LogP contribution in [0.25, 0.3) is 0 Å². The van der Waals surface area contributed by atoms with Crippen molar-refractivity contribution >= 4 is 10.0 Å². The molecule has 0 atom stereocenters. The van der Waals surface area contributed by atoms with Crippen molar-refractivity contribution in [3.8, 4) is 12.3 Å². The molecule has 1 N–H and O–H groups in total. The normalized spacial score (nSPS) is 11.0. The van der Waals surface area contributed by atoms with E-state index in [1.54, 1.807) is 12.4 Å². The van der Waals surface area contributed by atoms with Crippen molar-refractivity contribution in [1.82, 2.24) is 9.71 Å².